The molecular weight excluding hydrogens is 356 g/mol. The van der Waals surface area contributed by atoms with Crippen molar-refractivity contribution in [1.82, 2.24) is 9.38 Å². The predicted molar refractivity (Wildman–Crippen MR) is 120 cm³/mol. The van der Waals surface area contributed by atoms with Crippen LogP contribution in [0.1, 0.15) is 31.9 Å². The molecule has 0 atom stereocenters. The number of pyridine rings is 1. The Morgan fingerprint density at radius 3 is 2.31 bits per heavy atom. The lowest BCUT2D eigenvalue weighted by Gasteiger charge is -2.18. The van der Waals surface area contributed by atoms with Gasteiger partial charge in [-0.25, -0.2) is 4.98 Å². The van der Waals surface area contributed by atoms with E-state index in [4.69, 9.17) is 9.72 Å². The quantitative estimate of drug-likeness (QED) is 0.403. The summed E-state index contributed by atoms with van der Waals surface area (Å²) < 4.78 is 7.45. The Labute approximate surface area is 172 Å². The lowest BCUT2D eigenvalue weighted by atomic mass is 9.88. The van der Waals surface area contributed by atoms with Gasteiger partial charge in [-0.1, -0.05) is 63.2 Å². The molecule has 0 N–H and O–H groups in total. The number of nitrogens with zero attached hydrogens (tertiary/aromatic N) is 2. The van der Waals surface area contributed by atoms with E-state index < -0.39 is 0 Å². The summed E-state index contributed by atoms with van der Waals surface area (Å²) >= 11 is 0. The second kappa shape index (κ2) is 7.59. The summed E-state index contributed by atoms with van der Waals surface area (Å²) in [7, 11) is 1.68. The smallest absolute Gasteiger partial charge is 0.144 e. The molecule has 29 heavy (non-hydrogen) atoms. The third-order valence-corrected chi connectivity index (χ3v) is 4.87. The van der Waals surface area contributed by atoms with Crippen LogP contribution in [-0.2, 0) is 0 Å². The molecule has 0 bridgehead atoms. The fourth-order valence-electron chi connectivity index (χ4n) is 3.57. The predicted octanol–water partition coefficient (Wildman–Crippen LogP) is 6.49. The van der Waals surface area contributed by atoms with E-state index in [-0.39, 0.29) is 5.41 Å². The lowest BCUT2D eigenvalue weighted by Crippen LogP contribution is -2.03. The maximum Gasteiger partial charge on any atom is 0.144 e. The number of aromatic nitrogens is 2. The standard InChI is InChI=1S/C26H26N2O/c1-26(2,3)17-23(19-9-6-5-7-10-19)22-11-8-16-28-24(22)18-27-25(28)20-12-14-21(29-4)15-13-20/h5-18H,1-4H3/b23-17+. The van der Waals surface area contributed by atoms with Crippen molar-refractivity contribution in [2.24, 2.45) is 5.41 Å². The van der Waals surface area contributed by atoms with Gasteiger partial charge < -0.3 is 4.74 Å². The van der Waals surface area contributed by atoms with E-state index in [1.165, 1.54) is 16.7 Å². The molecule has 2 heterocycles. The van der Waals surface area contributed by atoms with Crippen LogP contribution in [-0.4, -0.2) is 16.5 Å². The van der Waals surface area contributed by atoms with Crippen molar-refractivity contribution < 1.29 is 4.74 Å². The first-order valence-electron chi connectivity index (χ1n) is 9.85. The number of imidazole rings is 1. The van der Waals surface area contributed by atoms with Gasteiger partial charge in [0.05, 0.1) is 18.8 Å². The summed E-state index contributed by atoms with van der Waals surface area (Å²) in [5.74, 6) is 1.77. The summed E-state index contributed by atoms with van der Waals surface area (Å²) in [4.78, 5) is 4.75. The van der Waals surface area contributed by atoms with E-state index in [1.54, 1.807) is 7.11 Å². The molecule has 2 aromatic carbocycles. The number of hydrogen-bond acceptors (Lipinski definition) is 2. The molecule has 4 rings (SSSR count). The molecule has 0 aliphatic carbocycles. The van der Waals surface area contributed by atoms with Crippen LogP contribution in [0.5, 0.6) is 5.75 Å². The van der Waals surface area contributed by atoms with Crippen LogP contribution in [0.25, 0.3) is 22.5 Å². The van der Waals surface area contributed by atoms with E-state index in [0.29, 0.717) is 0 Å². The summed E-state index contributed by atoms with van der Waals surface area (Å²) in [5.41, 5.74) is 5.83. The second-order valence-electron chi connectivity index (χ2n) is 8.28. The van der Waals surface area contributed by atoms with Crippen LogP contribution in [0.15, 0.2) is 85.2 Å². The molecular formula is C26H26N2O. The zero-order valence-electron chi connectivity index (χ0n) is 17.4. The normalized spacial score (nSPS) is 12.3. The van der Waals surface area contributed by atoms with Gasteiger partial charge in [0.2, 0.25) is 0 Å². The molecule has 0 amide bonds. The van der Waals surface area contributed by atoms with Gasteiger partial charge in [0.1, 0.15) is 11.6 Å². The number of fused-ring (bicyclic) bond motifs is 1. The van der Waals surface area contributed by atoms with Crippen LogP contribution in [0, 0.1) is 5.41 Å². The first kappa shape index (κ1) is 19.0. The average Bonchev–Trinajstić information content (AvgIpc) is 3.16. The maximum absolute atomic E-state index is 5.29. The average molecular weight is 383 g/mol. The van der Waals surface area contributed by atoms with E-state index in [0.717, 1.165) is 22.7 Å². The van der Waals surface area contributed by atoms with Crippen molar-refractivity contribution in [2.45, 2.75) is 20.8 Å². The molecule has 146 valence electrons. The Hall–Kier alpha value is -3.33. The molecule has 0 aliphatic heterocycles. The van der Waals surface area contributed by atoms with Crippen LogP contribution < -0.4 is 4.74 Å². The highest BCUT2D eigenvalue weighted by atomic mass is 16.5. The van der Waals surface area contributed by atoms with Gasteiger partial charge in [0.15, 0.2) is 0 Å². The van der Waals surface area contributed by atoms with E-state index in [1.807, 2.05) is 30.5 Å². The summed E-state index contributed by atoms with van der Waals surface area (Å²) in [5, 5.41) is 0. The van der Waals surface area contributed by atoms with E-state index in [2.05, 4.69) is 79.9 Å². The SMILES string of the molecule is COc1ccc(-c2ncc3c(/C(=C/C(C)(C)C)c4ccccc4)cccn23)cc1. The number of ether oxygens (including phenoxy) is 1. The molecule has 0 saturated heterocycles. The Bertz CT molecular complexity index is 1150. The van der Waals surface area contributed by atoms with Gasteiger partial charge in [0, 0.05) is 17.3 Å². The van der Waals surface area contributed by atoms with Gasteiger partial charge in [-0.3, -0.25) is 4.40 Å². The summed E-state index contributed by atoms with van der Waals surface area (Å²) in [6.07, 6.45) is 6.39. The van der Waals surface area contributed by atoms with Crippen molar-refractivity contribution in [2.75, 3.05) is 7.11 Å². The van der Waals surface area contributed by atoms with Crippen LogP contribution >= 0.6 is 0 Å². The van der Waals surface area contributed by atoms with Crippen molar-refractivity contribution in [1.29, 1.82) is 0 Å². The lowest BCUT2D eigenvalue weighted by molar-refractivity contribution is 0.415. The highest BCUT2D eigenvalue weighted by Crippen LogP contribution is 2.33. The highest BCUT2D eigenvalue weighted by molar-refractivity contribution is 5.88. The third kappa shape index (κ3) is 3.95. The van der Waals surface area contributed by atoms with Gasteiger partial charge in [0.25, 0.3) is 0 Å². The zero-order chi connectivity index (χ0) is 20.4. The number of benzene rings is 2. The van der Waals surface area contributed by atoms with Crippen molar-refractivity contribution >= 4 is 11.1 Å². The molecule has 3 heteroatoms. The molecule has 0 radical (unpaired) electrons. The van der Waals surface area contributed by atoms with Crippen molar-refractivity contribution in [3.63, 3.8) is 0 Å². The van der Waals surface area contributed by atoms with Crippen LogP contribution in [0.4, 0.5) is 0 Å². The maximum atomic E-state index is 5.29. The zero-order valence-corrected chi connectivity index (χ0v) is 17.4. The van der Waals surface area contributed by atoms with Crippen molar-refractivity contribution in [3.05, 3.63) is 96.3 Å². The fourth-order valence-corrected chi connectivity index (χ4v) is 3.57. The summed E-state index contributed by atoms with van der Waals surface area (Å²) in [6.45, 7) is 6.69. The molecule has 0 aliphatic rings. The Kier molecular flexibility index (Phi) is 4.98. The number of methoxy groups -OCH3 is 1. The minimum Gasteiger partial charge on any atom is -0.497 e. The Morgan fingerprint density at radius 1 is 0.931 bits per heavy atom. The van der Waals surface area contributed by atoms with E-state index >= 15 is 0 Å². The van der Waals surface area contributed by atoms with Crippen molar-refractivity contribution in [3.8, 4) is 17.1 Å². The van der Waals surface area contributed by atoms with Gasteiger partial charge >= 0.3 is 0 Å². The third-order valence-electron chi connectivity index (χ3n) is 4.87. The fraction of sp³-hybridized carbons (Fsp3) is 0.192. The monoisotopic (exact) mass is 382 g/mol. The van der Waals surface area contributed by atoms with Gasteiger partial charge in [-0.05, 0) is 46.9 Å². The first-order valence-corrected chi connectivity index (χ1v) is 9.85. The van der Waals surface area contributed by atoms with Crippen LogP contribution in [0.3, 0.4) is 0 Å². The molecule has 0 spiro atoms. The molecule has 3 nitrogen and oxygen atoms in total. The van der Waals surface area contributed by atoms with Gasteiger partial charge in [-0.2, -0.15) is 0 Å². The minimum atomic E-state index is 0.0524. The second-order valence-corrected chi connectivity index (χ2v) is 8.28. The molecule has 4 aromatic rings. The Balaban J connectivity index is 1.89. The Morgan fingerprint density at radius 2 is 1.66 bits per heavy atom. The summed E-state index contributed by atoms with van der Waals surface area (Å²) in [6, 6.07) is 22.9. The molecule has 0 unspecified atom stereocenters. The highest BCUT2D eigenvalue weighted by Gasteiger charge is 2.16. The minimum absolute atomic E-state index is 0.0524. The van der Waals surface area contributed by atoms with Gasteiger partial charge in [-0.15, -0.1) is 0 Å². The number of hydrogen-bond donors (Lipinski definition) is 0. The largest absolute Gasteiger partial charge is 0.497 e. The number of allylic oxidation sites excluding steroid dienone is 1. The molecule has 0 fully saturated rings. The van der Waals surface area contributed by atoms with E-state index in [9.17, 15) is 0 Å². The van der Waals surface area contributed by atoms with Crippen LogP contribution in [0.2, 0.25) is 0 Å². The number of rotatable bonds is 4. The molecule has 0 saturated carbocycles. The first-order chi connectivity index (χ1) is 14.0. The molecule has 2 aromatic heterocycles. The topological polar surface area (TPSA) is 26.5 Å².